The van der Waals surface area contributed by atoms with E-state index in [9.17, 15) is 0 Å². The first-order valence-corrected chi connectivity index (χ1v) is 7.30. The fourth-order valence-electron chi connectivity index (χ4n) is 2.39. The summed E-state index contributed by atoms with van der Waals surface area (Å²) in [6.07, 6.45) is 1.82. The number of ether oxygens (including phenoxy) is 1. The molecule has 0 aliphatic heterocycles. The van der Waals surface area contributed by atoms with Crippen LogP contribution in [0.2, 0.25) is 0 Å². The second-order valence-electron chi connectivity index (χ2n) is 4.77. The Morgan fingerprint density at radius 1 is 1.25 bits per heavy atom. The van der Waals surface area contributed by atoms with E-state index >= 15 is 0 Å². The van der Waals surface area contributed by atoms with Crippen LogP contribution >= 0.6 is 15.9 Å². The van der Waals surface area contributed by atoms with E-state index in [1.165, 1.54) is 11.1 Å². The van der Waals surface area contributed by atoms with Gasteiger partial charge in [-0.2, -0.15) is 0 Å². The zero-order valence-electron chi connectivity index (χ0n) is 12.2. The first-order chi connectivity index (χ1) is 9.58. The molecule has 0 aliphatic carbocycles. The van der Waals surface area contributed by atoms with Gasteiger partial charge < -0.3 is 10.1 Å². The molecule has 0 fully saturated rings. The third-order valence-electron chi connectivity index (χ3n) is 3.44. The van der Waals surface area contributed by atoms with Gasteiger partial charge in [0.05, 0.1) is 18.8 Å². The van der Waals surface area contributed by atoms with Crippen LogP contribution in [0, 0.1) is 13.8 Å². The average molecular weight is 335 g/mol. The van der Waals surface area contributed by atoms with Crippen molar-refractivity contribution in [1.29, 1.82) is 0 Å². The van der Waals surface area contributed by atoms with E-state index < -0.39 is 0 Å². The Balaban J connectivity index is 2.53. The standard InChI is InChI=1S/C16H19BrN2O/c1-10-9-14(20-4)11(2)8-12(10)15(18-3)16-13(17)6-5-7-19-16/h5-9,15,18H,1-4H3. The first-order valence-electron chi connectivity index (χ1n) is 6.51. The Kier molecular flexibility index (Phi) is 4.78. The maximum atomic E-state index is 5.38. The van der Waals surface area contributed by atoms with Gasteiger partial charge in [-0.1, -0.05) is 6.07 Å². The lowest BCUT2D eigenvalue weighted by molar-refractivity contribution is 0.411. The molecule has 106 valence electrons. The lowest BCUT2D eigenvalue weighted by atomic mass is 9.96. The number of pyridine rings is 1. The van der Waals surface area contributed by atoms with E-state index in [0.717, 1.165) is 21.5 Å². The molecule has 0 spiro atoms. The molecule has 2 aromatic rings. The summed E-state index contributed by atoms with van der Waals surface area (Å²) < 4.78 is 6.39. The quantitative estimate of drug-likeness (QED) is 0.923. The van der Waals surface area contributed by atoms with Gasteiger partial charge in [0.15, 0.2) is 0 Å². The van der Waals surface area contributed by atoms with Crippen molar-refractivity contribution in [3.05, 3.63) is 57.3 Å². The lowest BCUT2D eigenvalue weighted by Crippen LogP contribution is -2.20. The van der Waals surface area contributed by atoms with Gasteiger partial charge in [-0.15, -0.1) is 0 Å². The Morgan fingerprint density at radius 2 is 2.00 bits per heavy atom. The van der Waals surface area contributed by atoms with Crippen molar-refractivity contribution in [2.75, 3.05) is 14.2 Å². The zero-order chi connectivity index (χ0) is 14.7. The summed E-state index contributed by atoms with van der Waals surface area (Å²) in [5.41, 5.74) is 4.51. The third kappa shape index (κ3) is 2.86. The van der Waals surface area contributed by atoms with Crippen LogP contribution in [0.25, 0.3) is 0 Å². The minimum atomic E-state index is 0.0511. The molecule has 0 radical (unpaired) electrons. The molecule has 1 N–H and O–H groups in total. The highest BCUT2D eigenvalue weighted by molar-refractivity contribution is 9.10. The van der Waals surface area contributed by atoms with Gasteiger partial charge in [-0.05, 0) is 71.7 Å². The van der Waals surface area contributed by atoms with Crippen LogP contribution in [0.15, 0.2) is 34.9 Å². The van der Waals surface area contributed by atoms with Gasteiger partial charge in [0.25, 0.3) is 0 Å². The summed E-state index contributed by atoms with van der Waals surface area (Å²) in [6.45, 7) is 4.15. The average Bonchev–Trinajstić information content (AvgIpc) is 2.45. The highest BCUT2D eigenvalue weighted by atomic mass is 79.9. The van der Waals surface area contributed by atoms with Crippen LogP contribution in [0.5, 0.6) is 5.75 Å². The molecule has 0 aliphatic rings. The van der Waals surface area contributed by atoms with Gasteiger partial charge in [0.2, 0.25) is 0 Å². The second kappa shape index (κ2) is 6.37. The van der Waals surface area contributed by atoms with Crippen molar-refractivity contribution in [3.8, 4) is 5.75 Å². The molecule has 1 heterocycles. The highest BCUT2D eigenvalue weighted by Gasteiger charge is 2.19. The molecule has 1 atom stereocenters. The maximum Gasteiger partial charge on any atom is 0.122 e. The van der Waals surface area contributed by atoms with E-state index in [1.54, 1.807) is 7.11 Å². The van der Waals surface area contributed by atoms with E-state index in [0.29, 0.717) is 0 Å². The lowest BCUT2D eigenvalue weighted by Gasteiger charge is -2.21. The van der Waals surface area contributed by atoms with E-state index in [1.807, 2.05) is 25.4 Å². The van der Waals surface area contributed by atoms with E-state index in [-0.39, 0.29) is 6.04 Å². The predicted octanol–water partition coefficient (Wildman–Crippen LogP) is 3.78. The molecular formula is C16H19BrN2O. The number of nitrogens with zero attached hydrogens (tertiary/aromatic N) is 1. The normalized spacial score (nSPS) is 12.2. The second-order valence-corrected chi connectivity index (χ2v) is 5.62. The Bertz CT molecular complexity index is 613. The molecular weight excluding hydrogens is 316 g/mol. The minimum absolute atomic E-state index is 0.0511. The number of halogens is 1. The molecule has 1 aromatic carbocycles. The van der Waals surface area contributed by atoms with Crippen LogP contribution in [0.3, 0.4) is 0 Å². The summed E-state index contributed by atoms with van der Waals surface area (Å²) in [4.78, 5) is 4.50. The molecule has 3 nitrogen and oxygen atoms in total. The van der Waals surface area contributed by atoms with Crippen molar-refractivity contribution in [3.63, 3.8) is 0 Å². The number of aromatic nitrogens is 1. The molecule has 4 heteroatoms. The van der Waals surface area contributed by atoms with Crippen LogP contribution in [0.1, 0.15) is 28.4 Å². The molecule has 1 aromatic heterocycles. The van der Waals surface area contributed by atoms with E-state index in [2.05, 4.69) is 52.2 Å². The van der Waals surface area contributed by atoms with Crippen LogP contribution in [-0.2, 0) is 0 Å². The molecule has 0 amide bonds. The molecule has 0 saturated carbocycles. The fraction of sp³-hybridized carbons (Fsp3) is 0.312. The Morgan fingerprint density at radius 3 is 2.60 bits per heavy atom. The fourth-order valence-corrected chi connectivity index (χ4v) is 2.88. The number of nitrogens with one attached hydrogen (secondary N) is 1. The molecule has 0 saturated heterocycles. The van der Waals surface area contributed by atoms with Gasteiger partial charge in [0.1, 0.15) is 5.75 Å². The first kappa shape index (κ1) is 15.0. The minimum Gasteiger partial charge on any atom is -0.496 e. The van der Waals surface area contributed by atoms with Crippen LogP contribution in [0.4, 0.5) is 0 Å². The van der Waals surface area contributed by atoms with Crippen LogP contribution in [-0.4, -0.2) is 19.1 Å². The van der Waals surface area contributed by atoms with Gasteiger partial charge in [0, 0.05) is 10.7 Å². The smallest absolute Gasteiger partial charge is 0.122 e. The largest absolute Gasteiger partial charge is 0.496 e. The summed E-state index contributed by atoms with van der Waals surface area (Å²) in [5, 5.41) is 3.35. The Hall–Kier alpha value is -1.39. The summed E-state index contributed by atoms with van der Waals surface area (Å²) in [6, 6.07) is 8.22. The number of rotatable bonds is 4. The van der Waals surface area contributed by atoms with Gasteiger partial charge in [-0.3, -0.25) is 4.98 Å². The predicted molar refractivity (Wildman–Crippen MR) is 85.3 cm³/mol. The molecule has 1 unspecified atom stereocenters. The summed E-state index contributed by atoms with van der Waals surface area (Å²) in [5.74, 6) is 0.918. The number of hydrogen-bond donors (Lipinski definition) is 1. The van der Waals surface area contributed by atoms with Gasteiger partial charge >= 0.3 is 0 Å². The number of aryl methyl sites for hydroxylation is 2. The van der Waals surface area contributed by atoms with Crippen molar-refractivity contribution in [2.24, 2.45) is 0 Å². The highest BCUT2D eigenvalue weighted by Crippen LogP contribution is 2.32. The van der Waals surface area contributed by atoms with E-state index in [4.69, 9.17) is 4.74 Å². The third-order valence-corrected chi connectivity index (χ3v) is 4.11. The van der Waals surface area contributed by atoms with Crippen molar-refractivity contribution in [2.45, 2.75) is 19.9 Å². The number of hydrogen-bond acceptors (Lipinski definition) is 3. The number of methoxy groups -OCH3 is 1. The Labute approximate surface area is 128 Å². The van der Waals surface area contributed by atoms with Crippen molar-refractivity contribution >= 4 is 15.9 Å². The van der Waals surface area contributed by atoms with Crippen molar-refractivity contribution < 1.29 is 4.74 Å². The molecule has 2 rings (SSSR count). The monoisotopic (exact) mass is 334 g/mol. The summed E-state index contributed by atoms with van der Waals surface area (Å²) in [7, 11) is 3.65. The maximum absolute atomic E-state index is 5.38. The molecule has 20 heavy (non-hydrogen) atoms. The number of benzene rings is 1. The van der Waals surface area contributed by atoms with Gasteiger partial charge in [-0.25, -0.2) is 0 Å². The zero-order valence-corrected chi connectivity index (χ0v) is 13.8. The molecule has 0 bridgehead atoms. The topological polar surface area (TPSA) is 34.1 Å². The van der Waals surface area contributed by atoms with Crippen molar-refractivity contribution in [1.82, 2.24) is 10.3 Å². The van der Waals surface area contributed by atoms with Crippen LogP contribution < -0.4 is 10.1 Å². The SMILES string of the molecule is CNC(c1cc(C)c(OC)cc1C)c1ncccc1Br. The summed E-state index contributed by atoms with van der Waals surface area (Å²) >= 11 is 3.58.